The van der Waals surface area contributed by atoms with E-state index >= 15 is 0 Å². The topological polar surface area (TPSA) is 60.3 Å². The molecule has 7 heteroatoms. The normalized spacial score (nSPS) is 16.4. The van der Waals surface area contributed by atoms with Gasteiger partial charge in [-0.15, -0.1) is 10.2 Å². The van der Waals surface area contributed by atoms with E-state index in [1.165, 1.54) is 29.3 Å². The van der Waals surface area contributed by atoms with Gasteiger partial charge in [0.1, 0.15) is 12.4 Å². The molecule has 0 unspecified atom stereocenters. The second-order valence-electron chi connectivity index (χ2n) is 6.12. The summed E-state index contributed by atoms with van der Waals surface area (Å²) in [6.07, 6.45) is 7.37. The van der Waals surface area contributed by atoms with Gasteiger partial charge in [0.05, 0.1) is 12.3 Å². The third-order valence-corrected chi connectivity index (χ3v) is 5.39. The molecule has 6 nitrogen and oxygen atoms in total. The number of allylic oxidation sites excluding steroid dienone is 1. The summed E-state index contributed by atoms with van der Waals surface area (Å²) in [5.74, 6) is 1.92. The highest BCUT2D eigenvalue weighted by atomic mass is 32.2. The molecular weight excluding hydrogens is 336 g/mol. The zero-order valence-corrected chi connectivity index (χ0v) is 15.0. The lowest BCUT2D eigenvalue weighted by atomic mass is 10.1. The smallest absolute Gasteiger partial charge is 0.252 e. The number of rotatable bonds is 5. The van der Waals surface area contributed by atoms with Crippen LogP contribution in [0.25, 0.3) is 0 Å². The summed E-state index contributed by atoms with van der Waals surface area (Å²) in [5, 5.41) is 10.8. The van der Waals surface area contributed by atoms with E-state index in [2.05, 4.69) is 22.3 Å². The Bertz CT molecular complexity index is 830. The first kappa shape index (κ1) is 16.2. The van der Waals surface area contributed by atoms with Gasteiger partial charge < -0.3 is 4.74 Å². The minimum Gasteiger partial charge on any atom is -0.486 e. The fraction of sp³-hybridized carbons (Fsp3) is 0.389. The average molecular weight is 356 g/mol. The summed E-state index contributed by atoms with van der Waals surface area (Å²) < 4.78 is 7.72. The fourth-order valence-corrected chi connectivity index (χ4v) is 4.03. The monoisotopic (exact) mass is 356 g/mol. The molecule has 1 aliphatic heterocycles. The van der Waals surface area contributed by atoms with Crippen molar-refractivity contribution >= 4 is 17.7 Å². The number of hydrogen-bond acceptors (Lipinski definition) is 5. The second kappa shape index (κ2) is 6.92. The van der Waals surface area contributed by atoms with Crippen LogP contribution in [-0.4, -0.2) is 33.1 Å². The number of ether oxygens (including phenoxy) is 1. The van der Waals surface area contributed by atoms with Crippen LogP contribution in [-0.2, 0) is 24.2 Å². The van der Waals surface area contributed by atoms with Crippen LogP contribution in [0.2, 0.25) is 0 Å². The molecular formula is C18H20N4O2S. The Hall–Kier alpha value is -2.28. The first-order chi connectivity index (χ1) is 12.3. The van der Waals surface area contributed by atoms with Crippen molar-refractivity contribution in [3.63, 3.8) is 0 Å². The Morgan fingerprint density at radius 2 is 2.16 bits per heavy atom. The molecule has 2 aromatic rings. The maximum Gasteiger partial charge on any atom is 0.252 e. The summed E-state index contributed by atoms with van der Waals surface area (Å²) in [5.41, 5.74) is 2.80. The van der Waals surface area contributed by atoms with E-state index in [1.807, 2.05) is 25.1 Å². The summed E-state index contributed by atoms with van der Waals surface area (Å²) >= 11 is 1.41. The molecule has 1 amide bonds. The van der Waals surface area contributed by atoms with Gasteiger partial charge in [0.2, 0.25) is 5.16 Å². The van der Waals surface area contributed by atoms with E-state index in [9.17, 15) is 4.79 Å². The Labute approximate surface area is 150 Å². The summed E-state index contributed by atoms with van der Waals surface area (Å²) in [7, 11) is 0. The number of carbonyl (C=O) groups excluding carboxylic acids is 1. The van der Waals surface area contributed by atoms with Crippen LogP contribution >= 0.6 is 11.8 Å². The third kappa shape index (κ3) is 3.16. The lowest BCUT2D eigenvalue weighted by Gasteiger charge is -2.28. The standard InChI is InChI=1S/C18H20N4O2S/c1-2-3-9-21-17(23)12-25-18-20-19-16(22(18)21)11-24-15-8-7-13-5-4-6-14(13)10-15/h2-3,7-8,10H,4-6,9,11-12H2,1H3/b3-2+. The van der Waals surface area contributed by atoms with Crippen LogP contribution in [0.15, 0.2) is 35.5 Å². The highest BCUT2D eigenvalue weighted by Gasteiger charge is 2.28. The van der Waals surface area contributed by atoms with Gasteiger partial charge in [-0.2, -0.15) is 0 Å². The molecule has 0 saturated carbocycles. The first-order valence-electron chi connectivity index (χ1n) is 8.50. The predicted molar refractivity (Wildman–Crippen MR) is 96.5 cm³/mol. The molecule has 130 valence electrons. The van der Waals surface area contributed by atoms with Crippen molar-refractivity contribution in [2.24, 2.45) is 0 Å². The SMILES string of the molecule is C/C=C/CN1C(=O)CSc2nnc(COc3ccc4c(c3)CCC4)n21. The van der Waals surface area contributed by atoms with Gasteiger partial charge in [0, 0.05) is 0 Å². The number of benzene rings is 1. The third-order valence-electron chi connectivity index (χ3n) is 4.48. The van der Waals surface area contributed by atoms with E-state index in [-0.39, 0.29) is 12.5 Å². The molecule has 1 aromatic carbocycles. The molecule has 0 fully saturated rings. The number of nitrogens with zero attached hydrogens (tertiary/aromatic N) is 4. The van der Waals surface area contributed by atoms with Gasteiger partial charge in [-0.25, -0.2) is 9.69 Å². The fourth-order valence-electron chi connectivity index (χ4n) is 3.21. The van der Waals surface area contributed by atoms with Crippen molar-refractivity contribution in [1.29, 1.82) is 0 Å². The van der Waals surface area contributed by atoms with Gasteiger partial charge >= 0.3 is 0 Å². The lowest BCUT2D eigenvalue weighted by molar-refractivity contribution is -0.117. The van der Waals surface area contributed by atoms with Gasteiger partial charge in [-0.1, -0.05) is 30.0 Å². The van der Waals surface area contributed by atoms with Crippen LogP contribution in [0.3, 0.4) is 0 Å². The molecule has 4 rings (SSSR count). The Morgan fingerprint density at radius 3 is 3.04 bits per heavy atom. The van der Waals surface area contributed by atoms with Crippen LogP contribution in [0, 0.1) is 0 Å². The van der Waals surface area contributed by atoms with Crippen molar-refractivity contribution in [3.8, 4) is 5.75 Å². The van der Waals surface area contributed by atoms with Crippen molar-refractivity contribution in [1.82, 2.24) is 14.9 Å². The number of amides is 1. The summed E-state index contributed by atoms with van der Waals surface area (Å²) in [4.78, 5) is 12.3. The summed E-state index contributed by atoms with van der Waals surface area (Å²) in [6.45, 7) is 2.73. The van der Waals surface area contributed by atoms with Crippen molar-refractivity contribution in [2.75, 3.05) is 17.3 Å². The minimum atomic E-state index is 0.0502. The van der Waals surface area contributed by atoms with E-state index < -0.39 is 0 Å². The highest BCUT2D eigenvalue weighted by molar-refractivity contribution is 7.99. The lowest BCUT2D eigenvalue weighted by Crippen LogP contribution is -2.45. The molecule has 2 heterocycles. The largest absolute Gasteiger partial charge is 0.486 e. The maximum atomic E-state index is 12.3. The van der Waals surface area contributed by atoms with E-state index in [0.717, 1.165) is 23.7 Å². The number of fused-ring (bicyclic) bond motifs is 2. The van der Waals surface area contributed by atoms with E-state index in [0.29, 0.717) is 18.1 Å². The predicted octanol–water partition coefficient (Wildman–Crippen LogP) is 2.49. The van der Waals surface area contributed by atoms with Crippen molar-refractivity contribution in [2.45, 2.75) is 37.9 Å². The quantitative estimate of drug-likeness (QED) is 0.771. The maximum absolute atomic E-state index is 12.3. The van der Waals surface area contributed by atoms with Gasteiger partial charge in [-0.3, -0.25) is 4.79 Å². The second-order valence-corrected chi connectivity index (χ2v) is 7.06. The molecule has 1 aliphatic carbocycles. The minimum absolute atomic E-state index is 0.0502. The van der Waals surface area contributed by atoms with Crippen LogP contribution in [0.1, 0.15) is 30.3 Å². The Balaban J connectivity index is 1.54. The van der Waals surface area contributed by atoms with Crippen molar-refractivity contribution < 1.29 is 9.53 Å². The highest BCUT2D eigenvalue weighted by Crippen LogP contribution is 2.27. The Kier molecular flexibility index (Phi) is 4.48. The van der Waals surface area contributed by atoms with Gasteiger partial charge in [0.15, 0.2) is 5.82 Å². The average Bonchev–Trinajstić information content (AvgIpc) is 3.25. The van der Waals surface area contributed by atoms with E-state index in [1.54, 1.807) is 9.69 Å². The van der Waals surface area contributed by atoms with Crippen LogP contribution in [0.4, 0.5) is 0 Å². The number of aryl methyl sites for hydroxylation is 2. The molecule has 0 saturated heterocycles. The number of carbonyl (C=O) groups is 1. The van der Waals surface area contributed by atoms with Crippen molar-refractivity contribution in [3.05, 3.63) is 47.3 Å². The number of hydrogen-bond donors (Lipinski definition) is 0. The van der Waals surface area contributed by atoms with Crippen LogP contribution in [0.5, 0.6) is 5.75 Å². The zero-order valence-electron chi connectivity index (χ0n) is 14.1. The molecule has 1 aromatic heterocycles. The molecule has 2 aliphatic rings. The number of thioether (sulfide) groups is 1. The molecule has 0 radical (unpaired) electrons. The van der Waals surface area contributed by atoms with Gasteiger partial charge in [0.25, 0.3) is 5.91 Å². The Morgan fingerprint density at radius 1 is 1.28 bits per heavy atom. The molecule has 0 N–H and O–H groups in total. The molecule has 0 bridgehead atoms. The zero-order chi connectivity index (χ0) is 17.2. The molecule has 25 heavy (non-hydrogen) atoms. The van der Waals surface area contributed by atoms with Gasteiger partial charge in [-0.05, 0) is 49.4 Å². The molecule has 0 spiro atoms. The summed E-state index contributed by atoms with van der Waals surface area (Å²) in [6, 6.07) is 6.27. The first-order valence-corrected chi connectivity index (χ1v) is 9.48. The van der Waals surface area contributed by atoms with Crippen LogP contribution < -0.4 is 9.75 Å². The number of aromatic nitrogens is 3. The molecule has 0 atom stereocenters. The van der Waals surface area contributed by atoms with E-state index in [4.69, 9.17) is 4.74 Å².